The first kappa shape index (κ1) is 30.8. The van der Waals surface area contributed by atoms with Gasteiger partial charge in [-0.05, 0) is 183 Å². The fourth-order valence-electron chi connectivity index (χ4n) is 9.89. The van der Waals surface area contributed by atoms with E-state index in [1.807, 2.05) is 14.2 Å². The zero-order valence-electron chi connectivity index (χ0n) is 29.4. The van der Waals surface area contributed by atoms with Crippen molar-refractivity contribution in [2.24, 2.45) is 0 Å². The molecule has 4 aromatic carbocycles. The zero-order valence-corrected chi connectivity index (χ0v) is 29.4. The Morgan fingerprint density at radius 3 is 1.06 bits per heavy atom. The second-order valence-electron chi connectivity index (χ2n) is 14.9. The number of nitrogens with one attached hydrogen (secondary N) is 1. The molecule has 0 saturated carbocycles. The average molecular weight is 648 g/mol. The van der Waals surface area contributed by atoms with Gasteiger partial charge in [0.15, 0.2) is 0 Å². The fourth-order valence-corrected chi connectivity index (χ4v) is 9.89. The van der Waals surface area contributed by atoms with Crippen LogP contribution in [0.2, 0.25) is 0 Å². The molecule has 250 valence electrons. The van der Waals surface area contributed by atoms with Crippen LogP contribution in [0.4, 0.5) is 0 Å². The van der Waals surface area contributed by atoms with Crippen molar-refractivity contribution in [1.29, 1.82) is 0 Å². The third-order valence-electron chi connectivity index (χ3n) is 12.3. The maximum atomic E-state index is 6.19. The van der Waals surface area contributed by atoms with Gasteiger partial charge in [-0.2, -0.15) is 0 Å². The van der Waals surface area contributed by atoms with Crippen LogP contribution in [0.25, 0.3) is 44.8 Å². The predicted molar refractivity (Wildman–Crippen MR) is 202 cm³/mol. The highest BCUT2D eigenvalue weighted by molar-refractivity contribution is 5.94. The van der Waals surface area contributed by atoms with Crippen LogP contribution in [-0.4, -0.2) is 19.2 Å². The molecule has 3 heteroatoms. The lowest BCUT2D eigenvalue weighted by molar-refractivity contribution is 0.415. The average Bonchev–Trinajstić information content (AvgIpc) is 3.66. The Labute approximate surface area is 292 Å². The molecule has 0 radical (unpaired) electrons. The second kappa shape index (κ2) is 12.9. The summed E-state index contributed by atoms with van der Waals surface area (Å²) in [6.45, 7) is 0. The van der Waals surface area contributed by atoms with Crippen molar-refractivity contribution >= 4 is 0 Å². The van der Waals surface area contributed by atoms with Crippen LogP contribution in [0, 0.1) is 0 Å². The molecule has 1 aromatic heterocycles. The van der Waals surface area contributed by atoms with Crippen LogP contribution >= 0.6 is 0 Å². The number of methoxy groups -OCH3 is 2. The van der Waals surface area contributed by atoms with E-state index >= 15 is 0 Å². The molecule has 49 heavy (non-hydrogen) atoms. The number of benzene rings is 4. The highest BCUT2D eigenvalue weighted by atomic mass is 16.5. The van der Waals surface area contributed by atoms with E-state index in [1.165, 1.54) is 141 Å². The first-order chi connectivity index (χ1) is 24.2. The van der Waals surface area contributed by atoms with Gasteiger partial charge in [-0.1, -0.05) is 36.4 Å². The van der Waals surface area contributed by atoms with E-state index in [2.05, 4.69) is 65.6 Å². The number of aromatic nitrogens is 1. The van der Waals surface area contributed by atoms with Crippen molar-refractivity contribution in [3.63, 3.8) is 0 Å². The van der Waals surface area contributed by atoms with E-state index in [-0.39, 0.29) is 0 Å². The lowest BCUT2D eigenvalue weighted by Crippen LogP contribution is -2.11. The molecule has 0 atom stereocenters. The molecule has 4 aliphatic rings. The maximum Gasteiger partial charge on any atom is 0.127 e. The lowest BCUT2D eigenvalue weighted by Gasteiger charge is -2.28. The van der Waals surface area contributed by atoms with E-state index in [0.717, 1.165) is 62.9 Å². The molecule has 9 rings (SSSR count). The second-order valence-corrected chi connectivity index (χ2v) is 14.9. The summed E-state index contributed by atoms with van der Waals surface area (Å²) in [7, 11) is 3.70. The highest BCUT2D eigenvalue weighted by Gasteiger charge is 2.29. The van der Waals surface area contributed by atoms with Crippen LogP contribution < -0.4 is 9.47 Å². The molecule has 0 fully saturated rings. The number of ether oxygens (including phenoxy) is 2. The summed E-state index contributed by atoms with van der Waals surface area (Å²) < 4.78 is 12.4. The third-order valence-corrected chi connectivity index (χ3v) is 12.3. The third kappa shape index (κ3) is 5.23. The number of aromatic amines is 1. The molecule has 0 bridgehead atoms. The molecular formula is C46H49NO2. The van der Waals surface area contributed by atoms with E-state index < -0.39 is 0 Å². The molecule has 0 saturated heterocycles. The van der Waals surface area contributed by atoms with Crippen molar-refractivity contribution < 1.29 is 9.47 Å². The molecule has 3 nitrogen and oxygen atoms in total. The van der Waals surface area contributed by atoms with Gasteiger partial charge >= 0.3 is 0 Å². The molecule has 4 aliphatic carbocycles. The number of fused-ring (bicyclic) bond motifs is 4. The largest absolute Gasteiger partial charge is 0.496 e. The van der Waals surface area contributed by atoms with Crippen LogP contribution in [0.5, 0.6) is 11.5 Å². The summed E-state index contributed by atoms with van der Waals surface area (Å²) in [6.07, 6.45) is 19.3. The van der Waals surface area contributed by atoms with Gasteiger partial charge in [-0.15, -0.1) is 0 Å². The van der Waals surface area contributed by atoms with Gasteiger partial charge < -0.3 is 14.5 Å². The summed E-state index contributed by atoms with van der Waals surface area (Å²) in [5.41, 5.74) is 22.6. The molecule has 0 amide bonds. The van der Waals surface area contributed by atoms with Crippen molar-refractivity contribution in [3.05, 3.63) is 105 Å². The minimum atomic E-state index is 1.02. The van der Waals surface area contributed by atoms with E-state index in [0.29, 0.717) is 0 Å². The first-order valence-electron chi connectivity index (χ1n) is 19.1. The van der Waals surface area contributed by atoms with Crippen LogP contribution in [0.3, 0.4) is 0 Å². The van der Waals surface area contributed by atoms with Crippen LogP contribution in [0.1, 0.15) is 95.9 Å². The Balaban J connectivity index is 1.26. The first-order valence-corrected chi connectivity index (χ1v) is 19.1. The Morgan fingerprint density at radius 1 is 0.367 bits per heavy atom. The summed E-state index contributed by atoms with van der Waals surface area (Å²) in [5, 5.41) is 0. The number of hydrogen-bond donors (Lipinski definition) is 1. The van der Waals surface area contributed by atoms with Crippen molar-refractivity contribution in [2.75, 3.05) is 14.2 Å². The van der Waals surface area contributed by atoms with E-state index in [4.69, 9.17) is 9.47 Å². The summed E-state index contributed by atoms with van der Waals surface area (Å²) in [5.74, 6) is 2.04. The molecular weight excluding hydrogens is 599 g/mol. The minimum Gasteiger partial charge on any atom is -0.496 e. The molecule has 0 unspecified atom stereocenters. The Morgan fingerprint density at radius 2 is 0.694 bits per heavy atom. The Kier molecular flexibility index (Phi) is 8.11. The predicted octanol–water partition coefficient (Wildman–Crippen LogP) is 11.2. The SMILES string of the molecule is COc1ccc2c(c1-c1c(-c3ccc(-c4ccc5c(c4-c4c(OC)ccc6c4CCCC6)CCCC5)[nH]3)ccc3c1CCCC3)CCCC2. The highest BCUT2D eigenvalue weighted by Crippen LogP contribution is 2.49. The van der Waals surface area contributed by atoms with Gasteiger partial charge in [-0.25, -0.2) is 0 Å². The van der Waals surface area contributed by atoms with Gasteiger partial charge in [0, 0.05) is 33.6 Å². The number of aryl methyl sites for hydroxylation is 4. The van der Waals surface area contributed by atoms with Crippen molar-refractivity contribution in [2.45, 2.75) is 103 Å². The van der Waals surface area contributed by atoms with Gasteiger partial charge in [0.1, 0.15) is 11.5 Å². The Hall–Kier alpha value is -4.24. The summed E-state index contributed by atoms with van der Waals surface area (Å²) in [6, 6.07) is 23.4. The molecule has 1 heterocycles. The molecule has 1 N–H and O–H groups in total. The van der Waals surface area contributed by atoms with Gasteiger partial charge in [0.25, 0.3) is 0 Å². The van der Waals surface area contributed by atoms with Gasteiger partial charge in [0.05, 0.1) is 14.2 Å². The minimum absolute atomic E-state index is 1.02. The lowest BCUT2D eigenvalue weighted by atomic mass is 9.78. The fraction of sp³-hybridized carbons (Fsp3) is 0.391. The van der Waals surface area contributed by atoms with E-state index in [9.17, 15) is 0 Å². The smallest absolute Gasteiger partial charge is 0.127 e. The number of hydrogen-bond acceptors (Lipinski definition) is 2. The monoisotopic (exact) mass is 647 g/mol. The number of H-pyrrole nitrogens is 1. The molecule has 5 aromatic rings. The topological polar surface area (TPSA) is 34.2 Å². The van der Waals surface area contributed by atoms with Crippen molar-refractivity contribution in [1.82, 2.24) is 4.98 Å². The Bertz CT molecular complexity index is 1920. The number of rotatable bonds is 6. The van der Waals surface area contributed by atoms with E-state index in [1.54, 1.807) is 0 Å². The van der Waals surface area contributed by atoms with Gasteiger partial charge in [0.2, 0.25) is 0 Å². The van der Waals surface area contributed by atoms with Crippen molar-refractivity contribution in [3.8, 4) is 56.3 Å². The zero-order chi connectivity index (χ0) is 32.9. The quantitative estimate of drug-likeness (QED) is 0.199. The summed E-state index contributed by atoms with van der Waals surface area (Å²) in [4.78, 5) is 4.03. The summed E-state index contributed by atoms with van der Waals surface area (Å²) >= 11 is 0. The molecule has 0 aliphatic heterocycles. The van der Waals surface area contributed by atoms with Gasteiger partial charge in [-0.3, -0.25) is 0 Å². The maximum absolute atomic E-state index is 6.19. The van der Waals surface area contributed by atoms with Crippen LogP contribution in [0.15, 0.2) is 60.7 Å². The normalized spacial score (nSPS) is 16.7. The van der Waals surface area contributed by atoms with Crippen LogP contribution in [-0.2, 0) is 51.4 Å². The molecule has 0 spiro atoms. The standard InChI is InChI=1S/C46H49NO2/c1-48-41-27-21-31-13-5-9-17-35(31)45(41)43-33-15-7-3-11-29(33)19-23-37(43)39-25-26-40(47-39)38-24-20-30-12-4-8-16-34(30)44(38)46-36-18-10-6-14-32(36)22-28-42(46)49-2/h19-28,47H,3-18H2,1-2H3.